The van der Waals surface area contributed by atoms with E-state index in [1.54, 1.807) is 0 Å². The number of rotatable bonds is 40. The Hall–Kier alpha value is -0.800. The van der Waals surface area contributed by atoms with Crippen LogP contribution in [0.15, 0.2) is 12.2 Å². The maximum absolute atomic E-state index is 12.9. The van der Waals surface area contributed by atoms with Crippen molar-refractivity contribution in [2.45, 2.75) is 218 Å². The molecule has 0 aliphatic carbocycles. The number of unbranched alkanes of at least 4 members (excludes halogenated alkanes) is 24. The highest BCUT2D eigenvalue weighted by atomic mass is 31.2. The van der Waals surface area contributed by atoms with E-state index in [9.17, 15) is 24.5 Å². The average Bonchev–Trinajstić information content (AvgIpc) is 3.10. The average molecular weight is 775 g/mol. The van der Waals surface area contributed by atoms with Crippen LogP contribution >= 0.6 is 7.82 Å². The fraction of sp³-hybridized carbons (Fsp3) is 0.930. The van der Waals surface area contributed by atoms with Crippen molar-refractivity contribution in [3.8, 4) is 0 Å². The van der Waals surface area contributed by atoms with Gasteiger partial charge in [-0.05, 0) is 38.5 Å². The van der Waals surface area contributed by atoms with Gasteiger partial charge in [0.1, 0.15) is 19.3 Å². The number of amides is 1. The molecular formula is C43H87N2O7P. The van der Waals surface area contributed by atoms with Gasteiger partial charge >= 0.3 is 0 Å². The molecular weight excluding hydrogens is 687 g/mol. The molecule has 0 aliphatic rings. The molecule has 10 heteroatoms. The lowest BCUT2D eigenvalue weighted by molar-refractivity contribution is -0.870. The first kappa shape index (κ1) is 52.2. The Balaban J connectivity index is 4.50. The van der Waals surface area contributed by atoms with Crippen LogP contribution in [0.3, 0.4) is 0 Å². The highest BCUT2D eigenvalue weighted by Gasteiger charge is 2.29. The molecule has 0 spiro atoms. The van der Waals surface area contributed by atoms with Crippen molar-refractivity contribution in [2.24, 2.45) is 0 Å². The summed E-state index contributed by atoms with van der Waals surface area (Å²) in [6, 6.07) is -1.08. The predicted octanol–water partition coefficient (Wildman–Crippen LogP) is 10.3. The van der Waals surface area contributed by atoms with Gasteiger partial charge in [-0.15, -0.1) is 0 Å². The fourth-order valence-electron chi connectivity index (χ4n) is 6.49. The second kappa shape index (κ2) is 35.6. The van der Waals surface area contributed by atoms with Crippen molar-refractivity contribution in [1.82, 2.24) is 5.32 Å². The minimum atomic E-state index is -4.66. The van der Waals surface area contributed by atoms with E-state index in [1.807, 2.05) is 21.1 Å². The van der Waals surface area contributed by atoms with Crippen molar-refractivity contribution in [3.05, 3.63) is 12.2 Å². The smallest absolute Gasteiger partial charge is 0.268 e. The van der Waals surface area contributed by atoms with E-state index < -0.39 is 32.7 Å². The predicted molar refractivity (Wildman–Crippen MR) is 221 cm³/mol. The third-order valence-corrected chi connectivity index (χ3v) is 11.1. The first-order valence-corrected chi connectivity index (χ1v) is 23.6. The van der Waals surface area contributed by atoms with Gasteiger partial charge < -0.3 is 34.0 Å². The monoisotopic (exact) mass is 775 g/mol. The summed E-state index contributed by atoms with van der Waals surface area (Å²) < 4.78 is 23.1. The second-order valence-corrected chi connectivity index (χ2v) is 18.0. The van der Waals surface area contributed by atoms with E-state index in [2.05, 4.69) is 31.3 Å². The van der Waals surface area contributed by atoms with Crippen LogP contribution in [-0.2, 0) is 18.4 Å². The number of nitrogens with one attached hydrogen (secondary N) is 1. The summed E-state index contributed by atoms with van der Waals surface area (Å²) in [5.41, 5.74) is 0. The summed E-state index contributed by atoms with van der Waals surface area (Å²) in [6.45, 7) is 4.41. The molecule has 0 fully saturated rings. The van der Waals surface area contributed by atoms with Crippen LogP contribution in [0.1, 0.15) is 200 Å². The number of carbonyl (C=O) groups is 1. The molecule has 3 N–H and O–H groups in total. The molecule has 0 aromatic rings. The normalized spacial score (nSPS) is 15.1. The molecule has 9 nitrogen and oxygen atoms in total. The molecule has 0 heterocycles. The van der Waals surface area contributed by atoms with Crippen LogP contribution in [0.5, 0.6) is 0 Å². The van der Waals surface area contributed by atoms with Gasteiger partial charge in [0.25, 0.3) is 7.82 Å². The summed E-state index contributed by atoms with van der Waals surface area (Å²) in [5, 5.41) is 24.5. The standard InChI is InChI=1S/C43H87N2O7P/c1-6-8-10-12-14-16-18-20-21-22-23-24-26-28-30-32-34-36-42(47)44-40(39-52-53(49,50)51-38-37-45(3,4)5)43(48)41(46)35-33-31-29-27-25-19-17-15-13-11-9-7-2/h27,29,40-41,43,46,48H,6-26,28,30-39H2,1-5H3,(H-,44,47,49,50)/b29-27+. The molecule has 0 aliphatic heterocycles. The maximum Gasteiger partial charge on any atom is 0.268 e. The van der Waals surface area contributed by atoms with Crippen molar-refractivity contribution in [2.75, 3.05) is 40.9 Å². The van der Waals surface area contributed by atoms with E-state index in [0.717, 1.165) is 32.1 Å². The van der Waals surface area contributed by atoms with Crippen LogP contribution in [-0.4, -0.2) is 79.8 Å². The number of aliphatic hydroxyl groups excluding tert-OH is 2. The molecule has 4 atom stereocenters. The number of hydrogen-bond donors (Lipinski definition) is 3. The van der Waals surface area contributed by atoms with Crippen LogP contribution in [0.25, 0.3) is 0 Å². The van der Waals surface area contributed by atoms with E-state index >= 15 is 0 Å². The third kappa shape index (κ3) is 36.6. The zero-order valence-electron chi connectivity index (χ0n) is 35.3. The number of allylic oxidation sites excluding steroid dienone is 2. The zero-order valence-corrected chi connectivity index (χ0v) is 36.2. The number of carbonyl (C=O) groups excluding carboxylic acids is 1. The summed E-state index contributed by atoms with van der Waals surface area (Å²) in [6.07, 6.45) is 35.3. The second-order valence-electron chi connectivity index (χ2n) is 16.5. The number of quaternary nitrogens is 1. The molecule has 0 saturated heterocycles. The number of phosphoric acid groups is 1. The summed E-state index contributed by atoms with van der Waals surface area (Å²) in [4.78, 5) is 25.3. The van der Waals surface area contributed by atoms with Gasteiger partial charge in [0.05, 0.1) is 39.9 Å². The first-order valence-electron chi connectivity index (χ1n) is 22.1. The Morgan fingerprint density at radius 2 is 1.08 bits per heavy atom. The number of nitrogens with zero attached hydrogens (tertiary/aromatic N) is 1. The minimum Gasteiger partial charge on any atom is -0.756 e. The lowest BCUT2D eigenvalue weighted by Crippen LogP contribution is -2.51. The molecule has 0 bridgehead atoms. The molecule has 4 unspecified atom stereocenters. The van der Waals surface area contributed by atoms with E-state index in [0.29, 0.717) is 23.9 Å². The van der Waals surface area contributed by atoms with E-state index in [-0.39, 0.29) is 18.9 Å². The zero-order chi connectivity index (χ0) is 39.5. The number of hydrogen-bond acceptors (Lipinski definition) is 7. The Morgan fingerprint density at radius 1 is 0.660 bits per heavy atom. The molecule has 0 radical (unpaired) electrons. The van der Waals surface area contributed by atoms with Gasteiger partial charge in [0, 0.05) is 6.42 Å². The Kier molecular flexibility index (Phi) is 35.1. The summed E-state index contributed by atoms with van der Waals surface area (Å²) in [5.74, 6) is -0.286. The highest BCUT2D eigenvalue weighted by Crippen LogP contribution is 2.38. The van der Waals surface area contributed by atoms with Gasteiger partial charge in [-0.1, -0.05) is 167 Å². The molecule has 0 aromatic heterocycles. The van der Waals surface area contributed by atoms with Gasteiger partial charge in [-0.2, -0.15) is 0 Å². The highest BCUT2D eigenvalue weighted by molar-refractivity contribution is 7.45. The van der Waals surface area contributed by atoms with E-state index in [1.165, 1.54) is 135 Å². The molecule has 0 saturated carbocycles. The SMILES string of the molecule is CCCCCCCCC/C=C/CCCC(O)C(O)C(COP(=O)([O-])OCC[N+](C)(C)C)NC(=O)CCCCCCCCCCCCCCCCCCC. The third-order valence-electron chi connectivity index (χ3n) is 10.1. The Bertz CT molecular complexity index is 898. The van der Waals surface area contributed by atoms with Gasteiger partial charge in [0.2, 0.25) is 5.91 Å². The molecule has 53 heavy (non-hydrogen) atoms. The van der Waals surface area contributed by atoms with E-state index in [4.69, 9.17) is 9.05 Å². The minimum absolute atomic E-state index is 0.0434. The lowest BCUT2D eigenvalue weighted by Gasteiger charge is -2.31. The largest absolute Gasteiger partial charge is 0.756 e. The van der Waals surface area contributed by atoms with Crippen LogP contribution in [0.2, 0.25) is 0 Å². The topological polar surface area (TPSA) is 128 Å². The molecule has 316 valence electrons. The lowest BCUT2D eigenvalue weighted by atomic mass is 10.0. The molecule has 0 rings (SSSR count). The van der Waals surface area contributed by atoms with Crippen molar-refractivity contribution in [1.29, 1.82) is 0 Å². The molecule has 1 amide bonds. The quantitative estimate of drug-likeness (QED) is 0.0245. The van der Waals surface area contributed by atoms with Gasteiger partial charge in [0.15, 0.2) is 0 Å². The summed E-state index contributed by atoms with van der Waals surface area (Å²) >= 11 is 0. The molecule has 0 aromatic carbocycles. The van der Waals surface area contributed by atoms with Gasteiger partial charge in [-0.25, -0.2) is 0 Å². The number of phosphoric ester groups is 1. The Morgan fingerprint density at radius 3 is 1.53 bits per heavy atom. The van der Waals surface area contributed by atoms with Gasteiger partial charge in [-0.3, -0.25) is 9.36 Å². The number of likely N-dealkylation sites (N-methyl/N-ethyl adjacent to an activating group) is 1. The fourth-order valence-corrected chi connectivity index (χ4v) is 7.21. The Labute approximate surface area is 327 Å². The van der Waals surface area contributed by atoms with Crippen molar-refractivity contribution < 1.29 is 38.0 Å². The summed E-state index contributed by atoms with van der Waals surface area (Å²) in [7, 11) is 1.11. The number of aliphatic hydroxyl groups is 2. The maximum atomic E-state index is 12.9. The van der Waals surface area contributed by atoms with Crippen LogP contribution in [0.4, 0.5) is 0 Å². The van der Waals surface area contributed by atoms with Crippen LogP contribution in [0, 0.1) is 0 Å². The first-order chi connectivity index (χ1) is 25.4. The van der Waals surface area contributed by atoms with Crippen LogP contribution < -0.4 is 10.2 Å². The van der Waals surface area contributed by atoms with Crippen molar-refractivity contribution >= 4 is 13.7 Å². The van der Waals surface area contributed by atoms with Crippen molar-refractivity contribution in [3.63, 3.8) is 0 Å².